The molecular formula is C14H9BrF2N4O. The molecule has 0 aliphatic heterocycles. The highest BCUT2D eigenvalue weighted by Gasteiger charge is 2.16. The molecule has 0 aliphatic carbocycles. The predicted octanol–water partition coefficient (Wildman–Crippen LogP) is 3.26. The SMILES string of the molecule is Cn1c(NC(=O)c2cc(Br)ncc2F)nc2cc(F)ccc21. The first-order valence-corrected chi connectivity index (χ1v) is 6.99. The second kappa shape index (κ2) is 5.45. The summed E-state index contributed by atoms with van der Waals surface area (Å²) in [6, 6.07) is 5.38. The number of hydrogen-bond acceptors (Lipinski definition) is 3. The van der Waals surface area contributed by atoms with Crippen LogP contribution < -0.4 is 5.32 Å². The summed E-state index contributed by atoms with van der Waals surface area (Å²) in [4.78, 5) is 20.0. The highest BCUT2D eigenvalue weighted by molar-refractivity contribution is 9.10. The minimum Gasteiger partial charge on any atom is -0.313 e. The third-order valence-electron chi connectivity index (χ3n) is 3.13. The van der Waals surface area contributed by atoms with E-state index in [9.17, 15) is 13.6 Å². The Labute approximate surface area is 132 Å². The standard InChI is InChI=1S/C14H9BrF2N4O/c1-21-11-3-2-7(16)4-10(11)19-14(21)20-13(22)8-5-12(15)18-6-9(8)17/h2-6H,1H3,(H,19,20,22). The van der Waals surface area contributed by atoms with Gasteiger partial charge in [0.15, 0.2) is 5.82 Å². The summed E-state index contributed by atoms with van der Waals surface area (Å²) >= 11 is 3.08. The van der Waals surface area contributed by atoms with Crippen molar-refractivity contribution >= 4 is 38.8 Å². The Balaban J connectivity index is 1.97. The molecular weight excluding hydrogens is 358 g/mol. The van der Waals surface area contributed by atoms with E-state index in [2.05, 4.69) is 31.2 Å². The lowest BCUT2D eigenvalue weighted by Gasteiger charge is -2.06. The number of benzene rings is 1. The van der Waals surface area contributed by atoms with Gasteiger partial charge in [-0.15, -0.1) is 0 Å². The fourth-order valence-electron chi connectivity index (χ4n) is 2.04. The maximum atomic E-state index is 13.7. The number of carbonyl (C=O) groups is 1. The first-order chi connectivity index (χ1) is 10.5. The number of rotatable bonds is 2. The molecule has 0 radical (unpaired) electrons. The van der Waals surface area contributed by atoms with Gasteiger partial charge in [0.1, 0.15) is 10.4 Å². The second-order valence-corrected chi connectivity index (χ2v) is 5.38. The van der Waals surface area contributed by atoms with Gasteiger partial charge in [-0.2, -0.15) is 0 Å². The second-order valence-electron chi connectivity index (χ2n) is 4.57. The minimum absolute atomic E-state index is 0.167. The number of hydrogen-bond donors (Lipinski definition) is 1. The van der Waals surface area contributed by atoms with E-state index in [-0.39, 0.29) is 11.5 Å². The zero-order chi connectivity index (χ0) is 15.9. The Morgan fingerprint density at radius 1 is 1.32 bits per heavy atom. The molecule has 0 aliphatic rings. The number of anilines is 1. The molecule has 0 saturated heterocycles. The van der Waals surface area contributed by atoms with Gasteiger partial charge in [0.25, 0.3) is 5.91 Å². The maximum absolute atomic E-state index is 13.7. The van der Waals surface area contributed by atoms with Crippen molar-refractivity contribution in [1.82, 2.24) is 14.5 Å². The highest BCUT2D eigenvalue weighted by Crippen LogP contribution is 2.20. The van der Waals surface area contributed by atoms with Gasteiger partial charge in [0, 0.05) is 13.1 Å². The van der Waals surface area contributed by atoms with Crippen LogP contribution in [0.5, 0.6) is 0 Å². The lowest BCUT2D eigenvalue weighted by Crippen LogP contribution is -2.16. The zero-order valence-corrected chi connectivity index (χ0v) is 12.9. The number of amides is 1. The summed E-state index contributed by atoms with van der Waals surface area (Å²) in [5, 5.41) is 2.51. The Bertz CT molecular complexity index is 894. The topological polar surface area (TPSA) is 59.8 Å². The first kappa shape index (κ1) is 14.6. The third-order valence-corrected chi connectivity index (χ3v) is 3.57. The van der Waals surface area contributed by atoms with Crippen molar-refractivity contribution in [2.24, 2.45) is 7.05 Å². The van der Waals surface area contributed by atoms with Crippen molar-refractivity contribution in [3.05, 3.63) is 52.3 Å². The lowest BCUT2D eigenvalue weighted by molar-refractivity contribution is 0.102. The fourth-order valence-corrected chi connectivity index (χ4v) is 2.37. The zero-order valence-electron chi connectivity index (χ0n) is 11.3. The number of imidazole rings is 1. The molecule has 0 fully saturated rings. The van der Waals surface area contributed by atoms with E-state index in [0.717, 1.165) is 6.20 Å². The molecule has 22 heavy (non-hydrogen) atoms. The maximum Gasteiger partial charge on any atom is 0.261 e. The van der Waals surface area contributed by atoms with Crippen LogP contribution in [0.4, 0.5) is 14.7 Å². The molecule has 0 unspecified atom stereocenters. The Morgan fingerprint density at radius 3 is 2.86 bits per heavy atom. The van der Waals surface area contributed by atoms with Gasteiger partial charge in [-0.3, -0.25) is 10.1 Å². The van der Waals surface area contributed by atoms with E-state index in [0.29, 0.717) is 15.6 Å². The molecule has 0 saturated carbocycles. The van der Waals surface area contributed by atoms with Crippen molar-refractivity contribution in [3.8, 4) is 0 Å². The molecule has 0 bridgehead atoms. The quantitative estimate of drug-likeness (QED) is 0.708. The van der Waals surface area contributed by atoms with Gasteiger partial charge < -0.3 is 4.57 Å². The van der Waals surface area contributed by atoms with Crippen LogP contribution in [0.1, 0.15) is 10.4 Å². The lowest BCUT2D eigenvalue weighted by atomic mass is 10.2. The monoisotopic (exact) mass is 366 g/mol. The molecule has 5 nitrogen and oxygen atoms in total. The molecule has 2 aromatic heterocycles. The van der Waals surface area contributed by atoms with Crippen LogP contribution in [0.2, 0.25) is 0 Å². The molecule has 1 N–H and O–H groups in total. The largest absolute Gasteiger partial charge is 0.313 e. The predicted molar refractivity (Wildman–Crippen MR) is 80.5 cm³/mol. The number of halogens is 3. The van der Waals surface area contributed by atoms with E-state index < -0.39 is 17.5 Å². The molecule has 1 amide bonds. The van der Waals surface area contributed by atoms with Gasteiger partial charge in [0.05, 0.1) is 22.8 Å². The van der Waals surface area contributed by atoms with E-state index in [1.54, 1.807) is 17.7 Å². The van der Waals surface area contributed by atoms with E-state index in [4.69, 9.17) is 0 Å². The van der Waals surface area contributed by atoms with Gasteiger partial charge in [0.2, 0.25) is 5.95 Å². The molecule has 2 heterocycles. The van der Waals surface area contributed by atoms with Crippen LogP contribution in [-0.4, -0.2) is 20.4 Å². The van der Waals surface area contributed by atoms with Crippen molar-refractivity contribution in [2.45, 2.75) is 0 Å². The number of nitrogens with one attached hydrogen (secondary N) is 1. The Hall–Kier alpha value is -2.35. The summed E-state index contributed by atoms with van der Waals surface area (Å²) in [7, 11) is 1.67. The van der Waals surface area contributed by atoms with Gasteiger partial charge in [-0.25, -0.2) is 18.7 Å². The van der Waals surface area contributed by atoms with Crippen LogP contribution in [0.3, 0.4) is 0 Å². The van der Waals surface area contributed by atoms with Gasteiger partial charge in [-0.05, 0) is 34.1 Å². The smallest absolute Gasteiger partial charge is 0.261 e. The van der Waals surface area contributed by atoms with E-state index >= 15 is 0 Å². The molecule has 0 atom stereocenters. The van der Waals surface area contributed by atoms with Crippen LogP contribution in [0, 0.1) is 11.6 Å². The first-order valence-electron chi connectivity index (χ1n) is 6.20. The number of aromatic nitrogens is 3. The molecule has 112 valence electrons. The van der Waals surface area contributed by atoms with E-state index in [1.807, 2.05) is 0 Å². The number of aryl methyl sites for hydroxylation is 1. The average Bonchev–Trinajstić information content (AvgIpc) is 2.77. The fraction of sp³-hybridized carbons (Fsp3) is 0.0714. The summed E-state index contributed by atoms with van der Waals surface area (Å²) in [6.07, 6.45) is 0.948. The number of nitrogens with zero attached hydrogens (tertiary/aromatic N) is 3. The Morgan fingerprint density at radius 2 is 2.09 bits per heavy atom. The Kier molecular flexibility index (Phi) is 3.61. The average molecular weight is 367 g/mol. The molecule has 0 spiro atoms. The van der Waals surface area contributed by atoms with Crippen molar-refractivity contribution in [2.75, 3.05) is 5.32 Å². The van der Waals surface area contributed by atoms with Crippen LogP contribution >= 0.6 is 15.9 Å². The summed E-state index contributed by atoms with van der Waals surface area (Å²) in [5.74, 6) is -1.64. The van der Waals surface area contributed by atoms with Gasteiger partial charge in [-0.1, -0.05) is 0 Å². The number of fused-ring (bicyclic) bond motifs is 1. The van der Waals surface area contributed by atoms with Crippen LogP contribution in [-0.2, 0) is 7.05 Å². The van der Waals surface area contributed by atoms with Gasteiger partial charge >= 0.3 is 0 Å². The third kappa shape index (κ3) is 2.57. The number of carbonyl (C=O) groups excluding carboxylic acids is 1. The van der Waals surface area contributed by atoms with E-state index in [1.165, 1.54) is 18.2 Å². The molecule has 3 aromatic rings. The van der Waals surface area contributed by atoms with Crippen LogP contribution in [0.15, 0.2) is 35.1 Å². The summed E-state index contributed by atoms with van der Waals surface area (Å²) in [6.45, 7) is 0. The van der Waals surface area contributed by atoms with Crippen molar-refractivity contribution in [3.63, 3.8) is 0 Å². The summed E-state index contributed by atoms with van der Waals surface area (Å²) < 4.78 is 28.8. The van der Waals surface area contributed by atoms with Crippen molar-refractivity contribution < 1.29 is 13.6 Å². The summed E-state index contributed by atoms with van der Waals surface area (Å²) in [5.41, 5.74) is 0.877. The molecule has 1 aromatic carbocycles. The minimum atomic E-state index is -0.745. The number of pyridine rings is 1. The highest BCUT2D eigenvalue weighted by atomic mass is 79.9. The van der Waals surface area contributed by atoms with Crippen LogP contribution in [0.25, 0.3) is 11.0 Å². The molecule has 3 rings (SSSR count). The molecule has 8 heteroatoms. The normalized spacial score (nSPS) is 10.9. The van der Waals surface area contributed by atoms with Crippen molar-refractivity contribution in [1.29, 1.82) is 0 Å².